The number of nitro groups is 1. The van der Waals surface area contributed by atoms with Crippen LogP contribution < -0.4 is 15.1 Å². The number of rotatable bonds is 8. The Morgan fingerprint density at radius 1 is 1.12 bits per heavy atom. The Morgan fingerprint density at radius 3 is 2.35 bits per heavy atom. The van der Waals surface area contributed by atoms with Crippen LogP contribution in [0.25, 0.3) is 11.1 Å². The van der Waals surface area contributed by atoms with Crippen LogP contribution in [0.3, 0.4) is 0 Å². The molecule has 26 heavy (non-hydrogen) atoms. The molecule has 0 aliphatic heterocycles. The van der Waals surface area contributed by atoms with Gasteiger partial charge in [0.15, 0.2) is 0 Å². The van der Waals surface area contributed by atoms with Crippen molar-refractivity contribution in [2.45, 2.75) is 26.1 Å². The summed E-state index contributed by atoms with van der Waals surface area (Å²) in [6.45, 7) is 2.56. The second kappa shape index (κ2) is 8.52. The van der Waals surface area contributed by atoms with Crippen molar-refractivity contribution in [1.82, 2.24) is 5.48 Å². The lowest BCUT2D eigenvalue weighted by atomic mass is 10.0. The van der Waals surface area contributed by atoms with Gasteiger partial charge in [-0.05, 0) is 35.7 Å². The highest BCUT2D eigenvalue weighted by molar-refractivity contribution is 5.69. The predicted molar refractivity (Wildman–Crippen MR) is 88.8 cm³/mol. The highest BCUT2D eigenvalue weighted by Gasteiger charge is 2.31. The van der Waals surface area contributed by atoms with Gasteiger partial charge in [-0.15, -0.1) is 13.2 Å². The molecule has 0 aliphatic carbocycles. The molecule has 0 spiro atoms. The quantitative estimate of drug-likeness (QED) is 0.409. The molecule has 0 aliphatic rings. The lowest BCUT2D eigenvalue weighted by Crippen LogP contribution is -2.20. The number of alkyl halides is 3. The third kappa shape index (κ3) is 5.62. The number of nitro benzene ring substituents is 1. The summed E-state index contributed by atoms with van der Waals surface area (Å²) < 4.78 is 40.4. The van der Waals surface area contributed by atoms with Gasteiger partial charge in [0, 0.05) is 12.6 Å². The third-order valence-electron chi connectivity index (χ3n) is 3.39. The van der Waals surface area contributed by atoms with E-state index in [2.05, 4.69) is 10.2 Å². The van der Waals surface area contributed by atoms with Gasteiger partial charge in [-0.2, -0.15) is 5.48 Å². The minimum Gasteiger partial charge on any atom is -0.406 e. The number of nitrogens with one attached hydrogen (secondary N) is 1. The average molecular weight is 370 g/mol. The molecule has 2 rings (SSSR count). The zero-order valence-electron chi connectivity index (χ0n) is 13.9. The second-order valence-corrected chi connectivity index (χ2v) is 5.36. The average Bonchev–Trinajstić information content (AvgIpc) is 2.58. The number of hydrogen-bond acceptors (Lipinski definition) is 5. The Kier molecular flexibility index (Phi) is 6.40. The molecule has 2 aromatic carbocycles. The lowest BCUT2D eigenvalue weighted by Gasteiger charge is -2.10. The maximum Gasteiger partial charge on any atom is 0.573 e. The van der Waals surface area contributed by atoms with Gasteiger partial charge < -0.3 is 9.57 Å². The number of hydroxylamine groups is 1. The SMILES string of the molecule is CCCCNOc1ccc(-c2ccc(OC(F)(F)F)cc2)cc1[N+](=O)[O-]. The zero-order chi connectivity index (χ0) is 19.2. The minimum absolute atomic E-state index is 0.0619. The van der Waals surface area contributed by atoms with E-state index in [1.807, 2.05) is 6.92 Å². The van der Waals surface area contributed by atoms with E-state index in [9.17, 15) is 23.3 Å². The smallest absolute Gasteiger partial charge is 0.406 e. The van der Waals surface area contributed by atoms with Gasteiger partial charge in [0.05, 0.1) is 4.92 Å². The molecular weight excluding hydrogens is 353 g/mol. The number of benzene rings is 2. The Bertz CT molecular complexity index is 749. The number of unbranched alkanes of at least 4 members (excludes halogenated alkanes) is 1. The van der Waals surface area contributed by atoms with Crippen molar-refractivity contribution in [1.29, 1.82) is 0 Å². The third-order valence-corrected chi connectivity index (χ3v) is 3.39. The van der Waals surface area contributed by atoms with Gasteiger partial charge in [-0.25, -0.2) is 0 Å². The summed E-state index contributed by atoms with van der Waals surface area (Å²) in [5.74, 6) is -0.303. The Balaban J connectivity index is 2.19. The fraction of sp³-hybridized carbons (Fsp3) is 0.294. The first kappa shape index (κ1) is 19.5. The Labute approximate surface area is 147 Å². The summed E-state index contributed by atoms with van der Waals surface area (Å²) >= 11 is 0. The monoisotopic (exact) mass is 370 g/mol. The van der Waals surface area contributed by atoms with Gasteiger partial charge >= 0.3 is 12.0 Å². The predicted octanol–water partition coefficient (Wildman–Crippen LogP) is 4.84. The summed E-state index contributed by atoms with van der Waals surface area (Å²) in [7, 11) is 0. The minimum atomic E-state index is -4.77. The van der Waals surface area contributed by atoms with Crippen molar-refractivity contribution >= 4 is 5.69 Å². The van der Waals surface area contributed by atoms with Crippen molar-refractivity contribution in [3.8, 4) is 22.6 Å². The van der Waals surface area contributed by atoms with Gasteiger partial charge in [0.25, 0.3) is 0 Å². The van der Waals surface area contributed by atoms with E-state index in [1.54, 1.807) is 6.07 Å². The molecule has 0 unspecified atom stereocenters. The highest BCUT2D eigenvalue weighted by atomic mass is 19.4. The highest BCUT2D eigenvalue weighted by Crippen LogP contribution is 2.33. The first-order chi connectivity index (χ1) is 12.3. The summed E-state index contributed by atoms with van der Waals surface area (Å²) in [6, 6.07) is 9.39. The molecule has 0 radical (unpaired) electrons. The molecule has 0 heterocycles. The largest absolute Gasteiger partial charge is 0.573 e. The van der Waals surface area contributed by atoms with E-state index >= 15 is 0 Å². The van der Waals surface area contributed by atoms with Crippen LogP contribution in [0.15, 0.2) is 42.5 Å². The second-order valence-electron chi connectivity index (χ2n) is 5.36. The van der Waals surface area contributed by atoms with Gasteiger partial charge in [-0.1, -0.05) is 31.5 Å². The molecular formula is C17H17F3N2O4. The molecule has 0 fully saturated rings. The van der Waals surface area contributed by atoms with Crippen LogP contribution in [0.2, 0.25) is 0 Å². The topological polar surface area (TPSA) is 73.6 Å². The summed E-state index contributed by atoms with van der Waals surface area (Å²) in [5.41, 5.74) is 3.39. The maximum absolute atomic E-state index is 12.2. The van der Waals surface area contributed by atoms with Crippen LogP contribution in [-0.4, -0.2) is 17.8 Å². The van der Waals surface area contributed by atoms with E-state index < -0.39 is 11.3 Å². The van der Waals surface area contributed by atoms with E-state index in [1.165, 1.54) is 24.3 Å². The number of hydrogen-bond donors (Lipinski definition) is 1. The van der Waals surface area contributed by atoms with Crippen LogP contribution in [0.4, 0.5) is 18.9 Å². The van der Waals surface area contributed by atoms with Gasteiger partial charge in [0.1, 0.15) is 5.75 Å². The van der Waals surface area contributed by atoms with Crippen molar-refractivity contribution < 1.29 is 27.7 Å². The molecule has 0 aromatic heterocycles. The van der Waals surface area contributed by atoms with E-state index in [4.69, 9.17) is 4.84 Å². The summed E-state index contributed by atoms with van der Waals surface area (Å²) in [6.07, 6.45) is -2.96. The summed E-state index contributed by atoms with van der Waals surface area (Å²) in [5, 5.41) is 11.3. The number of ether oxygens (including phenoxy) is 1. The molecule has 140 valence electrons. The van der Waals surface area contributed by atoms with Gasteiger partial charge in [-0.3, -0.25) is 10.1 Å². The molecule has 0 saturated carbocycles. The van der Waals surface area contributed by atoms with Crippen LogP contribution in [0.5, 0.6) is 11.5 Å². The molecule has 0 atom stereocenters. The fourth-order valence-corrected chi connectivity index (χ4v) is 2.15. The lowest BCUT2D eigenvalue weighted by molar-refractivity contribution is -0.386. The molecule has 9 heteroatoms. The molecule has 6 nitrogen and oxygen atoms in total. The first-order valence-electron chi connectivity index (χ1n) is 7.84. The van der Waals surface area contributed by atoms with Gasteiger partial charge in [0.2, 0.25) is 5.75 Å². The van der Waals surface area contributed by atoms with Crippen LogP contribution in [-0.2, 0) is 0 Å². The van der Waals surface area contributed by atoms with Crippen molar-refractivity contribution in [3.05, 3.63) is 52.6 Å². The van der Waals surface area contributed by atoms with Crippen molar-refractivity contribution in [2.24, 2.45) is 0 Å². The molecule has 2 aromatic rings. The number of halogens is 3. The van der Waals surface area contributed by atoms with Crippen LogP contribution in [0, 0.1) is 10.1 Å². The molecule has 0 saturated heterocycles. The first-order valence-corrected chi connectivity index (χ1v) is 7.84. The summed E-state index contributed by atoms with van der Waals surface area (Å²) in [4.78, 5) is 15.9. The Hall–Kier alpha value is -2.81. The Morgan fingerprint density at radius 2 is 1.77 bits per heavy atom. The molecule has 0 amide bonds. The van der Waals surface area contributed by atoms with E-state index in [-0.39, 0.29) is 17.2 Å². The van der Waals surface area contributed by atoms with Crippen LogP contribution in [0.1, 0.15) is 19.8 Å². The molecule has 1 N–H and O–H groups in total. The fourth-order valence-electron chi connectivity index (χ4n) is 2.15. The standard InChI is InChI=1S/C17H17F3N2O4/c1-2-3-10-21-26-16-9-6-13(11-15(16)22(23)24)12-4-7-14(8-5-12)25-17(18,19)20/h4-9,11,21H,2-3,10H2,1H3. The van der Waals surface area contributed by atoms with E-state index in [0.29, 0.717) is 17.7 Å². The normalized spacial score (nSPS) is 11.2. The van der Waals surface area contributed by atoms with Crippen molar-refractivity contribution in [3.63, 3.8) is 0 Å². The zero-order valence-corrected chi connectivity index (χ0v) is 13.9. The number of nitrogens with zero attached hydrogens (tertiary/aromatic N) is 1. The maximum atomic E-state index is 12.2. The van der Waals surface area contributed by atoms with Crippen LogP contribution >= 0.6 is 0 Å². The van der Waals surface area contributed by atoms with Crippen molar-refractivity contribution in [2.75, 3.05) is 6.54 Å². The molecule has 0 bridgehead atoms. The van der Waals surface area contributed by atoms with E-state index in [0.717, 1.165) is 25.0 Å².